The second kappa shape index (κ2) is 6.00. The summed E-state index contributed by atoms with van der Waals surface area (Å²) >= 11 is 0. The molecule has 1 heterocycles. The minimum Gasteiger partial charge on any atom is -0.342 e. The number of hydrogen-bond donors (Lipinski definition) is 2. The van der Waals surface area contributed by atoms with Crippen LogP contribution in [0.5, 0.6) is 0 Å². The van der Waals surface area contributed by atoms with E-state index in [0.717, 1.165) is 17.8 Å². The summed E-state index contributed by atoms with van der Waals surface area (Å²) in [5.41, 5.74) is 8.23. The molecule has 1 rings (SSSR count). The molecule has 1 aromatic heterocycles. The van der Waals surface area contributed by atoms with E-state index in [0.29, 0.717) is 18.0 Å². The topological polar surface area (TPSA) is 75.0 Å². The highest BCUT2D eigenvalue weighted by Gasteiger charge is 2.19. The number of aromatic nitrogens is 2. The maximum Gasteiger partial charge on any atom is 0.257 e. The lowest BCUT2D eigenvalue weighted by atomic mass is 10.0. The second-order valence-corrected chi connectivity index (χ2v) is 5.23. The third-order valence-electron chi connectivity index (χ3n) is 3.34. The van der Waals surface area contributed by atoms with Gasteiger partial charge in [0.1, 0.15) is 0 Å². The van der Waals surface area contributed by atoms with Gasteiger partial charge in [-0.05, 0) is 26.2 Å². The number of hydrogen-bond acceptors (Lipinski definition) is 3. The number of carbonyl (C=O) groups excluding carboxylic acids is 1. The minimum atomic E-state index is 0.00899. The zero-order valence-electron chi connectivity index (χ0n) is 11.9. The van der Waals surface area contributed by atoms with Gasteiger partial charge in [-0.3, -0.25) is 9.89 Å². The van der Waals surface area contributed by atoms with Gasteiger partial charge >= 0.3 is 0 Å². The predicted octanol–water partition coefficient (Wildman–Crippen LogP) is 1.47. The Morgan fingerprint density at radius 3 is 2.50 bits per heavy atom. The Hall–Kier alpha value is -1.36. The van der Waals surface area contributed by atoms with Crippen LogP contribution < -0.4 is 5.73 Å². The first-order chi connectivity index (χ1) is 8.34. The van der Waals surface area contributed by atoms with Gasteiger partial charge in [0.05, 0.1) is 11.3 Å². The summed E-state index contributed by atoms with van der Waals surface area (Å²) in [5, 5.41) is 6.88. The van der Waals surface area contributed by atoms with E-state index in [1.54, 1.807) is 11.9 Å². The molecule has 0 fully saturated rings. The van der Waals surface area contributed by atoms with Crippen molar-refractivity contribution in [1.82, 2.24) is 15.1 Å². The highest BCUT2D eigenvalue weighted by molar-refractivity contribution is 5.96. The highest BCUT2D eigenvalue weighted by Crippen LogP contribution is 2.13. The first-order valence-electron chi connectivity index (χ1n) is 6.37. The third-order valence-corrected chi connectivity index (χ3v) is 3.34. The van der Waals surface area contributed by atoms with E-state index in [-0.39, 0.29) is 11.9 Å². The van der Waals surface area contributed by atoms with E-state index < -0.39 is 0 Å². The minimum absolute atomic E-state index is 0.00899. The van der Waals surface area contributed by atoms with Crippen molar-refractivity contribution in [3.8, 4) is 0 Å². The first-order valence-corrected chi connectivity index (χ1v) is 6.37. The number of aromatic amines is 1. The van der Waals surface area contributed by atoms with Crippen molar-refractivity contribution in [3.05, 3.63) is 17.0 Å². The monoisotopic (exact) mass is 252 g/mol. The molecule has 0 aromatic carbocycles. The van der Waals surface area contributed by atoms with Gasteiger partial charge in [-0.25, -0.2) is 0 Å². The van der Waals surface area contributed by atoms with Gasteiger partial charge < -0.3 is 10.6 Å². The van der Waals surface area contributed by atoms with Crippen LogP contribution >= 0.6 is 0 Å². The van der Waals surface area contributed by atoms with Crippen LogP contribution in [0.15, 0.2) is 0 Å². The van der Waals surface area contributed by atoms with Gasteiger partial charge in [-0.2, -0.15) is 5.10 Å². The highest BCUT2D eigenvalue weighted by atomic mass is 16.2. The summed E-state index contributed by atoms with van der Waals surface area (Å²) in [5.74, 6) is 0.445. The van der Waals surface area contributed by atoms with Gasteiger partial charge in [-0.15, -0.1) is 0 Å². The van der Waals surface area contributed by atoms with Crippen LogP contribution in [0, 0.1) is 19.8 Å². The number of nitrogens with zero attached hydrogens (tertiary/aromatic N) is 2. The SMILES string of the molecule is Cc1n[nH]c(C)c1C(=O)N(C)CCC(N)C(C)C. The molecule has 0 radical (unpaired) electrons. The quantitative estimate of drug-likeness (QED) is 0.833. The second-order valence-electron chi connectivity index (χ2n) is 5.23. The zero-order valence-corrected chi connectivity index (χ0v) is 11.9. The number of nitrogens with two attached hydrogens (primary N) is 1. The average molecular weight is 252 g/mol. The smallest absolute Gasteiger partial charge is 0.257 e. The Morgan fingerprint density at radius 2 is 2.06 bits per heavy atom. The van der Waals surface area contributed by atoms with Crippen molar-refractivity contribution in [2.24, 2.45) is 11.7 Å². The Bertz CT molecular complexity index is 392. The fraction of sp³-hybridized carbons (Fsp3) is 0.692. The summed E-state index contributed by atoms with van der Waals surface area (Å²) in [6.07, 6.45) is 0.815. The molecule has 0 aliphatic carbocycles. The van der Waals surface area contributed by atoms with Crippen LogP contribution in [0.4, 0.5) is 0 Å². The van der Waals surface area contributed by atoms with Gasteiger partial charge in [0, 0.05) is 25.3 Å². The summed E-state index contributed by atoms with van der Waals surface area (Å²) in [4.78, 5) is 14.0. The van der Waals surface area contributed by atoms with Gasteiger partial charge in [-0.1, -0.05) is 13.8 Å². The summed E-state index contributed by atoms with van der Waals surface area (Å²) < 4.78 is 0. The average Bonchev–Trinajstić information content (AvgIpc) is 2.64. The molecule has 0 aliphatic heterocycles. The van der Waals surface area contributed by atoms with Gasteiger partial charge in [0.2, 0.25) is 0 Å². The summed E-state index contributed by atoms with van der Waals surface area (Å²) in [6.45, 7) is 8.56. The molecular formula is C13H24N4O. The molecule has 0 bridgehead atoms. The number of carbonyl (C=O) groups is 1. The first kappa shape index (κ1) is 14.7. The normalized spacial score (nSPS) is 12.8. The molecule has 1 aromatic rings. The van der Waals surface area contributed by atoms with Crippen LogP contribution in [0.1, 0.15) is 42.0 Å². The Labute approximate surface area is 109 Å². The molecular weight excluding hydrogens is 228 g/mol. The van der Waals surface area contributed by atoms with Crippen LogP contribution in [-0.2, 0) is 0 Å². The molecule has 5 nitrogen and oxygen atoms in total. The fourth-order valence-electron chi connectivity index (χ4n) is 1.83. The zero-order chi connectivity index (χ0) is 13.9. The van der Waals surface area contributed by atoms with E-state index in [2.05, 4.69) is 24.0 Å². The lowest BCUT2D eigenvalue weighted by Gasteiger charge is -2.21. The third kappa shape index (κ3) is 3.32. The largest absolute Gasteiger partial charge is 0.342 e. The van der Waals surface area contributed by atoms with Crippen molar-refractivity contribution in [2.45, 2.75) is 40.2 Å². The molecule has 1 atom stereocenters. The maximum absolute atomic E-state index is 12.3. The summed E-state index contributed by atoms with van der Waals surface area (Å²) in [6, 6.07) is 0.131. The fourth-order valence-corrected chi connectivity index (χ4v) is 1.83. The van der Waals surface area contributed by atoms with E-state index in [9.17, 15) is 4.79 Å². The van der Waals surface area contributed by atoms with Gasteiger partial charge in [0.25, 0.3) is 5.91 Å². The molecule has 5 heteroatoms. The van der Waals surface area contributed by atoms with E-state index in [1.807, 2.05) is 13.8 Å². The Morgan fingerprint density at radius 1 is 1.44 bits per heavy atom. The molecule has 1 unspecified atom stereocenters. The lowest BCUT2D eigenvalue weighted by molar-refractivity contribution is 0.0788. The maximum atomic E-state index is 12.3. The molecule has 1 amide bonds. The van der Waals surface area contributed by atoms with Gasteiger partial charge in [0.15, 0.2) is 0 Å². The number of nitrogens with one attached hydrogen (secondary N) is 1. The molecule has 0 saturated heterocycles. The van der Waals surface area contributed by atoms with Crippen molar-refractivity contribution in [3.63, 3.8) is 0 Å². The van der Waals surface area contributed by atoms with Crippen LogP contribution in [0.25, 0.3) is 0 Å². The van der Waals surface area contributed by atoms with E-state index in [1.165, 1.54) is 0 Å². The molecule has 18 heavy (non-hydrogen) atoms. The Kier molecular flexibility index (Phi) is 4.90. The van der Waals surface area contributed by atoms with Crippen LogP contribution in [0.2, 0.25) is 0 Å². The van der Waals surface area contributed by atoms with Crippen LogP contribution in [-0.4, -0.2) is 40.6 Å². The number of aryl methyl sites for hydroxylation is 2. The number of H-pyrrole nitrogens is 1. The number of rotatable bonds is 5. The number of amides is 1. The predicted molar refractivity (Wildman–Crippen MR) is 72.5 cm³/mol. The summed E-state index contributed by atoms with van der Waals surface area (Å²) in [7, 11) is 1.81. The van der Waals surface area contributed by atoms with Crippen molar-refractivity contribution in [2.75, 3.05) is 13.6 Å². The van der Waals surface area contributed by atoms with Crippen molar-refractivity contribution < 1.29 is 4.79 Å². The molecule has 0 spiro atoms. The standard InChI is InChI=1S/C13H24N4O/c1-8(2)11(14)6-7-17(5)13(18)12-9(3)15-16-10(12)4/h8,11H,6-7,14H2,1-5H3,(H,15,16). The van der Waals surface area contributed by atoms with Crippen LogP contribution in [0.3, 0.4) is 0 Å². The molecule has 102 valence electrons. The van der Waals surface area contributed by atoms with E-state index >= 15 is 0 Å². The Balaban J connectivity index is 2.63. The lowest BCUT2D eigenvalue weighted by Crippen LogP contribution is -2.35. The van der Waals surface area contributed by atoms with E-state index in [4.69, 9.17) is 5.73 Å². The van der Waals surface area contributed by atoms with Crippen molar-refractivity contribution >= 4 is 5.91 Å². The van der Waals surface area contributed by atoms with Crippen molar-refractivity contribution in [1.29, 1.82) is 0 Å². The molecule has 0 saturated carbocycles. The molecule has 3 N–H and O–H groups in total. The molecule has 0 aliphatic rings.